The Kier molecular flexibility index (Phi) is 4.38. The number of rotatable bonds is 3. The average molecular weight is 264 g/mol. The van der Waals surface area contributed by atoms with Crippen LogP contribution in [0.1, 0.15) is 58.4 Å². The van der Waals surface area contributed by atoms with Gasteiger partial charge >= 0.3 is 0 Å². The predicted octanol–water partition coefficient (Wildman–Crippen LogP) is 4.46. The van der Waals surface area contributed by atoms with Gasteiger partial charge in [-0.3, -0.25) is 4.79 Å². The molecular weight excluding hydrogens is 239 g/mol. The van der Waals surface area contributed by atoms with Crippen LogP contribution in [0.2, 0.25) is 0 Å². The molecule has 0 heterocycles. The molecule has 18 heavy (non-hydrogen) atoms. The molecule has 1 nitrogen and oxygen atoms in total. The number of hydrogen-bond donors (Lipinski definition) is 0. The van der Waals surface area contributed by atoms with Crippen LogP contribution in [0.4, 0.5) is 0 Å². The zero-order valence-corrected chi connectivity index (χ0v) is 13.8. The molecule has 2 atom stereocenters. The summed E-state index contributed by atoms with van der Waals surface area (Å²) >= 11 is 0. The standard InChI is InChI=1S/C16H25OP/c1-8-16(7,18)15(17)14-12(5)10(3)9(2)11(4)13(14)6/h8,18H2,1-7H3. The lowest BCUT2D eigenvalue weighted by atomic mass is 9.84. The van der Waals surface area contributed by atoms with Crippen molar-refractivity contribution in [3.05, 3.63) is 33.4 Å². The lowest BCUT2D eigenvalue weighted by Crippen LogP contribution is -2.29. The van der Waals surface area contributed by atoms with Crippen molar-refractivity contribution in [2.75, 3.05) is 0 Å². The van der Waals surface area contributed by atoms with E-state index in [2.05, 4.69) is 50.8 Å². The molecule has 1 aromatic carbocycles. The largest absolute Gasteiger partial charge is 0.293 e. The van der Waals surface area contributed by atoms with E-state index >= 15 is 0 Å². The van der Waals surface area contributed by atoms with Crippen molar-refractivity contribution in [2.45, 2.75) is 60.0 Å². The maximum atomic E-state index is 12.7. The molecule has 0 aliphatic heterocycles. The monoisotopic (exact) mass is 264 g/mol. The molecule has 0 aliphatic rings. The summed E-state index contributed by atoms with van der Waals surface area (Å²) in [6.07, 6.45) is 0.835. The van der Waals surface area contributed by atoms with Gasteiger partial charge in [0, 0.05) is 10.7 Å². The minimum atomic E-state index is -0.357. The van der Waals surface area contributed by atoms with E-state index in [9.17, 15) is 4.79 Å². The molecule has 0 radical (unpaired) electrons. The first-order chi connectivity index (χ1) is 8.15. The smallest absolute Gasteiger partial charge is 0.172 e. The van der Waals surface area contributed by atoms with Gasteiger partial charge in [-0.05, 0) is 75.8 Å². The molecule has 100 valence electrons. The number of hydrogen-bond acceptors (Lipinski definition) is 1. The summed E-state index contributed by atoms with van der Waals surface area (Å²) in [4.78, 5) is 12.7. The highest BCUT2D eigenvalue weighted by atomic mass is 31.0. The lowest BCUT2D eigenvalue weighted by molar-refractivity contribution is 0.0946. The fraction of sp³-hybridized carbons (Fsp3) is 0.562. The summed E-state index contributed by atoms with van der Waals surface area (Å²) in [6, 6.07) is 0. The van der Waals surface area contributed by atoms with Crippen LogP contribution in [-0.4, -0.2) is 10.9 Å². The summed E-state index contributed by atoms with van der Waals surface area (Å²) < 4.78 is 0. The van der Waals surface area contributed by atoms with Gasteiger partial charge in [0.05, 0.1) is 0 Å². The zero-order valence-electron chi connectivity index (χ0n) is 12.7. The van der Waals surface area contributed by atoms with Crippen molar-refractivity contribution in [1.29, 1.82) is 0 Å². The number of carbonyl (C=O) groups excluding carboxylic acids is 1. The maximum absolute atomic E-state index is 12.7. The molecule has 2 heteroatoms. The van der Waals surface area contributed by atoms with Gasteiger partial charge in [0.1, 0.15) is 0 Å². The van der Waals surface area contributed by atoms with E-state index in [4.69, 9.17) is 0 Å². The second-order valence-corrected chi connectivity index (χ2v) is 6.87. The van der Waals surface area contributed by atoms with Crippen molar-refractivity contribution in [3.8, 4) is 0 Å². The fourth-order valence-electron chi connectivity index (χ4n) is 2.29. The van der Waals surface area contributed by atoms with E-state index in [-0.39, 0.29) is 10.9 Å². The van der Waals surface area contributed by atoms with Gasteiger partial charge in [0.15, 0.2) is 5.78 Å². The molecule has 2 unspecified atom stereocenters. The lowest BCUT2D eigenvalue weighted by Gasteiger charge is -2.25. The van der Waals surface area contributed by atoms with Crippen LogP contribution >= 0.6 is 9.24 Å². The van der Waals surface area contributed by atoms with Crippen molar-refractivity contribution in [1.82, 2.24) is 0 Å². The Hall–Kier alpha value is -0.680. The number of benzene rings is 1. The molecule has 0 aromatic heterocycles. The topological polar surface area (TPSA) is 17.1 Å². The van der Waals surface area contributed by atoms with E-state index in [1.807, 2.05) is 6.92 Å². The van der Waals surface area contributed by atoms with E-state index in [0.717, 1.165) is 23.1 Å². The fourth-order valence-corrected chi connectivity index (χ4v) is 2.43. The highest BCUT2D eigenvalue weighted by molar-refractivity contribution is 7.21. The summed E-state index contributed by atoms with van der Waals surface area (Å²) in [6.45, 7) is 14.6. The quantitative estimate of drug-likeness (QED) is 0.582. The van der Waals surface area contributed by atoms with Gasteiger partial charge in [0.2, 0.25) is 0 Å². The second kappa shape index (κ2) is 5.13. The van der Waals surface area contributed by atoms with Crippen molar-refractivity contribution < 1.29 is 4.79 Å². The van der Waals surface area contributed by atoms with E-state index in [1.54, 1.807) is 0 Å². The van der Waals surface area contributed by atoms with E-state index in [1.165, 1.54) is 16.7 Å². The first-order valence-electron chi connectivity index (χ1n) is 6.55. The van der Waals surface area contributed by atoms with Crippen LogP contribution < -0.4 is 0 Å². The summed E-state index contributed by atoms with van der Waals surface area (Å²) in [5.41, 5.74) is 7.01. The highest BCUT2D eigenvalue weighted by Crippen LogP contribution is 2.33. The molecule has 0 saturated heterocycles. The Morgan fingerprint density at radius 3 is 1.61 bits per heavy atom. The van der Waals surface area contributed by atoms with Crippen LogP contribution in [0, 0.1) is 34.6 Å². The van der Waals surface area contributed by atoms with Gasteiger partial charge in [-0.15, -0.1) is 9.24 Å². The van der Waals surface area contributed by atoms with Crippen LogP contribution in [0.15, 0.2) is 0 Å². The molecule has 1 rings (SSSR count). The van der Waals surface area contributed by atoms with Gasteiger partial charge in [-0.1, -0.05) is 6.92 Å². The predicted molar refractivity (Wildman–Crippen MR) is 82.9 cm³/mol. The van der Waals surface area contributed by atoms with Gasteiger partial charge in [0.25, 0.3) is 0 Å². The Balaban J connectivity index is 3.57. The zero-order chi connectivity index (χ0) is 14.2. The third-order valence-electron chi connectivity index (χ3n) is 4.48. The van der Waals surface area contributed by atoms with Crippen molar-refractivity contribution in [2.24, 2.45) is 0 Å². The van der Waals surface area contributed by atoms with Gasteiger partial charge in [-0.2, -0.15) is 0 Å². The number of carbonyl (C=O) groups is 1. The van der Waals surface area contributed by atoms with Crippen LogP contribution in [0.3, 0.4) is 0 Å². The molecule has 0 aliphatic carbocycles. The van der Waals surface area contributed by atoms with Gasteiger partial charge in [-0.25, -0.2) is 0 Å². The Morgan fingerprint density at radius 1 is 0.944 bits per heavy atom. The third kappa shape index (κ3) is 2.38. The Morgan fingerprint density at radius 2 is 1.28 bits per heavy atom. The summed E-state index contributed by atoms with van der Waals surface area (Å²) in [5.74, 6) is 0.246. The molecule has 0 fully saturated rings. The second-order valence-electron chi connectivity index (χ2n) is 5.60. The maximum Gasteiger partial charge on any atom is 0.172 e. The molecule has 0 bridgehead atoms. The Labute approximate surface area is 114 Å². The van der Waals surface area contributed by atoms with Crippen LogP contribution in [-0.2, 0) is 0 Å². The van der Waals surface area contributed by atoms with Gasteiger partial charge < -0.3 is 0 Å². The molecule has 1 aromatic rings. The van der Waals surface area contributed by atoms with Crippen molar-refractivity contribution in [3.63, 3.8) is 0 Å². The summed E-state index contributed by atoms with van der Waals surface area (Å²) in [5, 5.41) is -0.357. The van der Waals surface area contributed by atoms with Crippen LogP contribution in [0.5, 0.6) is 0 Å². The average Bonchev–Trinajstić information content (AvgIpc) is 2.34. The molecular formula is C16H25OP. The summed E-state index contributed by atoms with van der Waals surface area (Å²) in [7, 11) is 2.72. The number of Topliss-reactive ketones (excluding diaryl/α,β-unsaturated/α-hetero) is 1. The van der Waals surface area contributed by atoms with E-state index in [0.29, 0.717) is 0 Å². The third-order valence-corrected chi connectivity index (χ3v) is 5.15. The Bertz CT molecular complexity index is 469. The normalized spacial score (nSPS) is 14.4. The molecule has 0 spiro atoms. The highest BCUT2D eigenvalue weighted by Gasteiger charge is 2.30. The van der Waals surface area contributed by atoms with E-state index < -0.39 is 0 Å². The minimum absolute atomic E-state index is 0.246. The SMILES string of the molecule is CCC(C)(P)C(=O)c1c(C)c(C)c(C)c(C)c1C. The van der Waals surface area contributed by atoms with Crippen LogP contribution in [0.25, 0.3) is 0 Å². The first-order valence-corrected chi connectivity index (χ1v) is 7.13. The minimum Gasteiger partial charge on any atom is -0.293 e. The number of ketones is 1. The van der Waals surface area contributed by atoms with Crippen molar-refractivity contribution >= 4 is 15.0 Å². The molecule has 0 amide bonds. The molecule has 0 N–H and O–H groups in total. The molecule has 0 saturated carbocycles. The first kappa shape index (κ1) is 15.4.